The van der Waals surface area contributed by atoms with Gasteiger partial charge in [0.1, 0.15) is 0 Å². The van der Waals surface area contributed by atoms with E-state index in [9.17, 15) is 0 Å². The van der Waals surface area contributed by atoms with Crippen LogP contribution in [0.2, 0.25) is 0 Å². The second-order valence-electron chi connectivity index (χ2n) is 4.81. The van der Waals surface area contributed by atoms with Crippen LogP contribution < -0.4 is 0 Å². The molecule has 0 aromatic heterocycles. The molecule has 0 spiro atoms. The molecular weight excluding hydrogens is 164 g/mol. The maximum atomic E-state index is 7.93. The third-order valence-electron chi connectivity index (χ3n) is 3.95. The molecule has 2 unspecified atom stereocenters. The van der Waals surface area contributed by atoms with Crippen LogP contribution in [0.1, 0.15) is 44.9 Å². The van der Waals surface area contributed by atoms with E-state index in [2.05, 4.69) is 0 Å². The van der Waals surface area contributed by atoms with E-state index in [4.69, 9.17) is 10.2 Å². The minimum atomic E-state index is 0.210. The van der Waals surface area contributed by atoms with Crippen LogP contribution in [0.4, 0.5) is 0 Å². The minimum Gasteiger partial charge on any atom is -0.443 e. The molecule has 0 bridgehead atoms. The van der Waals surface area contributed by atoms with Crippen molar-refractivity contribution in [2.24, 2.45) is 11.8 Å². The molecule has 4 N–H and O–H groups in total. The van der Waals surface area contributed by atoms with E-state index in [0.717, 1.165) is 25.2 Å². The van der Waals surface area contributed by atoms with Crippen molar-refractivity contribution in [3.63, 3.8) is 0 Å². The van der Waals surface area contributed by atoms with Gasteiger partial charge in [0.25, 0.3) is 0 Å². The van der Waals surface area contributed by atoms with E-state index in [1.807, 2.05) is 0 Å². The average Bonchev–Trinajstić information content (AvgIpc) is 2.53. The summed E-state index contributed by atoms with van der Waals surface area (Å²) in [6, 6.07) is 0. The molecule has 2 rings (SSSR count). The third-order valence-corrected chi connectivity index (χ3v) is 3.95. The summed E-state index contributed by atoms with van der Waals surface area (Å²) < 4.78 is 0. The molecule has 2 aliphatic carbocycles. The lowest BCUT2D eigenvalue weighted by atomic mass is 9.77. The van der Waals surface area contributed by atoms with Gasteiger partial charge in [-0.15, -0.1) is 0 Å². The zero-order valence-corrected chi connectivity index (χ0v) is 8.26. The highest BCUT2D eigenvalue weighted by Crippen LogP contribution is 2.39. The summed E-state index contributed by atoms with van der Waals surface area (Å²) in [7, 11) is 0. The van der Waals surface area contributed by atoms with Crippen LogP contribution in [0.25, 0.3) is 0 Å². The highest BCUT2D eigenvalue weighted by atomic mass is 16.3. The van der Waals surface area contributed by atoms with Crippen molar-refractivity contribution in [1.29, 1.82) is 0 Å². The summed E-state index contributed by atoms with van der Waals surface area (Å²) >= 11 is 0. The molecule has 0 aromatic carbocycles. The zero-order chi connectivity index (χ0) is 9.26. The maximum Gasteiger partial charge on any atom is 0.156 e. The Labute approximate surface area is 80.0 Å². The Morgan fingerprint density at radius 2 is 1.46 bits per heavy atom. The number of hydrogen-bond acceptors (Lipinski definition) is 0. The first-order chi connectivity index (χ1) is 6.27. The van der Waals surface area contributed by atoms with Crippen molar-refractivity contribution in [3.05, 3.63) is 0 Å². The highest BCUT2D eigenvalue weighted by molar-refractivity contribution is 4.85. The first kappa shape index (κ1) is 9.47. The van der Waals surface area contributed by atoms with Gasteiger partial charge in [-0.1, -0.05) is 0 Å². The van der Waals surface area contributed by atoms with Crippen molar-refractivity contribution in [2.75, 3.05) is 0 Å². The van der Waals surface area contributed by atoms with Crippen LogP contribution in [0.15, 0.2) is 0 Å². The summed E-state index contributed by atoms with van der Waals surface area (Å²) in [5.74, 6) is 1.49. The van der Waals surface area contributed by atoms with Gasteiger partial charge in [0.15, 0.2) is 12.2 Å². The summed E-state index contributed by atoms with van der Waals surface area (Å²) in [5.41, 5.74) is 0. The van der Waals surface area contributed by atoms with E-state index in [1.165, 1.54) is 25.7 Å². The van der Waals surface area contributed by atoms with Crippen LogP contribution in [-0.2, 0) is 0 Å². The first-order valence-corrected chi connectivity index (χ1v) is 5.69. The van der Waals surface area contributed by atoms with E-state index < -0.39 is 0 Å². The first-order valence-electron chi connectivity index (χ1n) is 5.69. The molecule has 0 radical (unpaired) electrons. The lowest BCUT2D eigenvalue weighted by molar-refractivity contribution is 0.0480. The normalized spacial score (nSPS) is 46.6. The Hall–Kier alpha value is -0.0800. The Morgan fingerprint density at radius 3 is 2.00 bits per heavy atom. The summed E-state index contributed by atoms with van der Waals surface area (Å²) in [5, 5.41) is 15.6. The zero-order valence-electron chi connectivity index (χ0n) is 8.26. The van der Waals surface area contributed by atoms with Gasteiger partial charge < -0.3 is 10.2 Å². The molecule has 0 aromatic rings. The van der Waals surface area contributed by atoms with E-state index in [-0.39, 0.29) is 12.2 Å². The lowest BCUT2D eigenvalue weighted by Crippen LogP contribution is -2.28. The fourth-order valence-electron chi connectivity index (χ4n) is 3.10. The summed E-state index contributed by atoms with van der Waals surface area (Å²) in [6.07, 6.45) is 8.78. The van der Waals surface area contributed by atoms with Crippen molar-refractivity contribution in [2.45, 2.75) is 57.2 Å². The van der Waals surface area contributed by atoms with E-state index >= 15 is 0 Å². The molecule has 76 valence electrons. The fraction of sp³-hybridized carbons (Fsp3) is 1.00. The fourth-order valence-corrected chi connectivity index (χ4v) is 3.10. The molecule has 0 amide bonds. The Kier molecular flexibility index (Phi) is 2.89. The van der Waals surface area contributed by atoms with Crippen molar-refractivity contribution >= 4 is 0 Å². The Bertz CT molecular complexity index is 161. The lowest BCUT2D eigenvalue weighted by Gasteiger charge is -2.28. The van der Waals surface area contributed by atoms with Crippen LogP contribution in [-0.4, -0.2) is 22.4 Å². The van der Waals surface area contributed by atoms with E-state index in [1.54, 1.807) is 0 Å². The molecule has 2 aliphatic rings. The third kappa shape index (κ3) is 2.05. The van der Waals surface area contributed by atoms with Gasteiger partial charge in [0, 0.05) is 25.2 Å². The Morgan fingerprint density at radius 1 is 0.769 bits per heavy atom. The number of rotatable bonds is 1. The minimum absolute atomic E-state index is 0.210. The van der Waals surface area contributed by atoms with Gasteiger partial charge in [-0.05, 0) is 31.6 Å². The second-order valence-corrected chi connectivity index (χ2v) is 4.81. The number of hydrogen-bond donors (Lipinski definition) is 0. The second kappa shape index (κ2) is 3.97. The average molecular weight is 186 g/mol. The molecule has 0 aliphatic heterocycles. The molecule has 2 saturated carbocycles. The predicted molar refractivity (Wildman–Crippen MR) is 54.1 cm³/mol. The van der Waals surface area contributed by atoms with Crippen LogP contribution >= 0.6 is 0 Å². The predicted octanol–water partition coefficient (Wildman–Crippen LogP) is 1.16. The van der Waals surface area contributed by atoms with Gasteiger partial charge in [-0.2, -0.15) is 0 Å². The van der Waals surface area contributed by atoms with Gasteiger partial charge in [0.05, 0.1) is 0 Å². The molecule has 2 atom stereocenters. The van der Waals surface area contributed by atoms with Crippen molar-refractivity contribution in [1.82, 2.24) is 0 Å². The topological polar surface area (TPSA) is 45.8 Å². The SMILES string of the molecule is [OH2+]C1CCC(C2CCCC2[OH2+])CC1. The molecule has 13 heavy (non-hydrogen) atoms. The molecule has 0 saturated heterocycles. The van der Waals surface area contributed by atoms with Crippen LogP contribution in [0, 0.1) is 11.8 Å². The van der Waals surface area contributed by atoms with Gasteiger partial charge >= 0.3 is 0 Å². The standard InChI is InChI=1S/C11H20O2/c12-9-6-4-8(5-7-9)10-2-1-3-11(10)13/h8-13H,1-7H2/p+2. The van der Waals surface area contributed by atoms with Gasteiger partial charge in [-0.25, -0.2) is 0 Å². The summed E-state index contributed by atoms with van der Waals surface area (Å²) in [6.45, 7) is 0. The summed E-state index contributed by atoms with van der Waals surface area (Å²) in [4.78, 5) is 0. The van der Waals surface area contributed by atoms with Crippen molar-refractivity contribution < 1.29 is 10.2 Å². The van der Waals surface area contributed by atoms with Crippen LogP contribution in [0.3, 0.4) is 0 Å². The quantitative estimate of drug-likeness (QED) is 0.552. The molecule has 2 nitrogen and oxygen atoms in total. The van der Waals surface area contributed by atoms with Gasteiger partial charge in [-0.3, -0.25) is 0 Å². The van der Waals surface area contributed by atoms with E-state index in [0.29, 0.717) is 5.92 Å². The maximum absolute atomic E-state index is 7.93. The Balaban J connectivity index is 1.86. The molecule has 2 heteroatoms. The molecular formula is C11H22O2+2. The smallest absolute Gasteiger partial charge is 0.156 e. The largest absolute Gasteiger partial charge is 0.443 e. The molecule has 2 fully saturated rings. The van der Waals surface area contributed by atoms with Crippen LogP contribution in [0.5, 0.6) is 0 Å². The van der Waals surface area contributed by atoms with Crippen molar-refractivity contribution in [3.8, 4) is 0 Å². The highest BCUT2D eigenvalue weighted by Gasteiger charge is 2.37. The van der Waals surface area contributed by atoms with Gasteiger partial charge in [0.2, 0.25) is 0 Å². The molecule has 0 heterocycles. The monoisotopic (exact) mass is 186 g/mol.